The van der Waals surface area contributed by atoms with Crippen molar-refractivity contribution in [3.05, 3.63) is 58.9 Å². The lowest BCUT2D eigenvalue weighted by atomic mass is 10.2. The summed E-state index contributed by atoms with van der Waals surface area (Å²) in [7, 11) is 1.58. The van der Waals surface area contributed by atoms with Gasteiger partial charge < -0.3 is 21.1 Å². The number of nitrogen functional groups attached to an aromatic ring is 1. The summed E-state index contributed by atoms with van der Waals surface area (Å²) in [6.45, 7) is 3.73. The number of para-hydroxylation sites is 2. The van der Waals surface area contributed by atoms with Crippen molar-refractivity contribution in [2.75, 3.05) is 23.5 Å². The van der Waals surface area contributed by atoms with Crippen LogP contribution < -0.4 is 21.1 Å². The number of ether oxygens (including phenoxy) is 1. The topological polar surface area (TPSA) is 115 Å². The van der Waals surface area contributed by atoms with Gasteiger partial charge in [0.1, 0.15) is 11.6 Å². The van der Waals surface area contributed by atoms with Gasteiger partial charge in [-0.15, -0.1) is 11.8 Å². The first kappa shape index (κ1) is 22.6. The van der Waals surface area contributed by atoms with Crippen LogP contribution in [0.25, 0.3) is 0 Å². The number of amides is 1. The van der Waals surface area contributed by atoms with Gasteiger partial charge in [0.15, 0.2) is 0 Å². The minimum absolute atomic E-state index is 0.0923. The number of benzene rings is 2. The van der Waals surface area contributed by atoms with E-state index in [0.29, 0.717) is 39.7 Å². The van der Waals surface area contributed by atoms with Crippen LogP contribution in [0.2, 0.25) is 5.02 Å². The van der Waals surface area contributed by atoms with Crippen molar-refractivity contribution in [2.45, 2.75) is 24.9 Å². The first-order valence-corrected chi connectivity index (χ1v) is 10.9. The Balaban J connectivity index is 1.64. The average Bonchev–Trinajstić information content (AvgIpc) is 2.74. The summed E-state index contributed by atoms with van der Waals surface area (Å²) < 4.78 is 5.33. The number of nitrogens with zero attached hydrogens (tertiary/aromatic N) is 3. The molecule has 0 aliphatic rings. The predicted octanol–water partition coefficient (Wildman–Crippen LogP) is 4.43. The van der Waals surface area contributed by atoms with E-state index in [2.05, 4.69) is 25.6 Å². The fourth-order valence-corrected chi connectivity index (χ4v) is 3.58. The molecule has 0 aliphatic carbocycles. The van der Waals surface area contributed by atoms with Crippen LogP contribution in [-0.4, -0.2) is 33.2 Å². The average molecular weight is 459 g/mol. The summed E-state index contributed by atoms with van der Waals surface area (Å²) in [4.78, 5) is 25.3. The fraction of sp³-hybridized carbons (Fsp3) is 0.238. The molecule has 1 aromatic heterocycles. The number of carbonyl (C=O) groups excluding carboxylic acids is 1. The van der Waals surface area contributed by atoms with Crippen molar-refractivity contribution in [1.82, 2.24) is 15.0 Å². The van der Waals surface area contributed by atoms with E-state index >= 15 is 0 Å². The number of anilines is 4. The molecule has 0 radical (unpaired) electrons. The van der Waals surface area contributed by atoms with E-state index < -0.39 is 0 Å². The Kier molecular flexibility index (Phi) is 7.54. The third-order valence-corrected chi connectivity index (χ3v) is 5.72. The molecular formula is C21H23ClN6O2S. The second kappa shape index (κ2) is 10.3. The third-order valence-electron chi connectivity index (χ3n) is 4.34. The summed E-state index contributed by atoms with van der Waals surface area (Å²) in [5.74, 6) is 1.77. The van der Waals surface area contributed by atoms with Gasteiger partial charge in [0.05, 0.1) is 23.8 Å². The lowest BCUT2D eigenvalue weighted by Crippen LogP contribution is -2.23. The normalized spacial score (nSPS) is 11.6. The molecule has 162 valence electrons. The Hall–Kier alpha value is -3.04. The van der Waals surface area contributed by atoms with Gasteiger partial charge in [0.25, 0.3) is 0 Å². The highest BCUT2D eigenvalue weighted by atomic mass is 35.5. The number of carbonyl (C=O) groups is 1. The molecule has 4 N–H and O–H groups in total. The molecule has 0 fully saturated rings. The molecule has 1 atom stereocenters. The van der Waals surface area contributed by atoms with Crippen molar-refractivity contribution in [2.24, 2.45) is 0 Å². The molecule has 10 heteroatoms. The summed E-state index contributed by atoms with van der Waals surface area (Å²) in [6.07, 6.45) is 0. The Morgan fingerprint density at radius 1 is 1.19 bits per heavy atom. The molecular weight excluding hydrogens is 436 g/mol. The van der Waals surface area contributed by atoms with Gasteiger partial charge in [-0.2, -0.15) is 15.0 Å². The number of hydrogen-bond acceptors (Lipinski definition) is 8. The molecule has 0 spiro atoms. The van der Waals surface area contributed by atoms with Gasteiger partial charge in [-0.05, 0) is 43.7 Å². The number of thioether (sulfide) groups is 1. The van der Waals surface area contributed by atoms with Crippen LogP contribution in [0.4, 0.5) is 23.3 Å². The van der Waals surface area contributed by atoms with Crippen molar-refractivity contribution in [1.29, 1.82) is 0 Å². The number of methoxy groups -OCH3 is 1. The van der Waals surface area contributed by atoms with E-state index in [0.717, 1.165) is 5.56 Å². The second-order valence-electron chi connectivity index (χ2n) is 6.66. The lowest BCUT2D eigenvalue weighted by Gasteiger charge is -2.14. The highest BCUT2D eigenvalue weighted by Gasteiger charge is 2.16. The molecule has 2 aromatic carbocycles. The maximum absolute atomic E-state index is 12.6. The number of halogens is 1. The van der Waals surface area contributed by atoms with Gasteiger partial charge in [-0.3, -0.25) is 4.79 Å². The van der Waals surface area contributed by atoms with Crippen molar-refractivity contribution < 1.29 is 9.53 Å². The largest absolute Gasteiger partial charge is 0.495 e. The zero-order valence-corrected chi connectivity index (χ0v) is 18.9. The van der Waals surface area contributed by atoms with Crippen LogP contribution >= 0.6 is 23.4 Å². The predicted molar refractivity (Wildman–Crippen MR) is 126 cm³/mol. The Labute approximate surface area is 190 Å². The zero-order valence-electron chi connectivity index (χ0n) is 17.3. The van der Waals surface area contributed by atoms with E-state index in [1.165, 1.54) is 11.8 Å². The van der Waals surface area contributed by atoms with Crippen LogP contribution in [0, 0.1) is 6.92 Å². The molecule has 1 amide bonds. The van der Waals surface area contributed by atoms with Crippen molar-refractivity contribution >= 4 is 52.5 Å². The zero-order chi connectivity index (χ0) is 22.4. The summed E-state index contributed by atoms with van der Waals surface area (Å²) in [6, 6.07) is 12.8. The summed E-state index contributed by atoms with van der Waals surface area (Å²) in [5.41, 5.74) is 8.19. The highest BCUT2D eigenvalue weighted by molar-refractivity contribution is 7.99. The summed E-state index contributed by atoms with van der Waals surface area (Å²) in [5, 5.41) is 6.22. The first-order chi connectivity index (χ1) is 14.9. The van der Waals surface area contributed by atoms with E-state index in [4.69, 9.17) is 22.1 Å². The maximum Gasteiger partial charge on any atom is 0.237 e. The van der Waals surface area contributed by atoms with Crippen molar-refractivity contribution in [3.63, 3.8) is 0 Å². The van der Waals surface area contributed by atoms with E-state index in [9.17, 15) is 4.79 Å². The number of rotatable bonds is 8. The van der Waals surface area contributed by atoms with Gasteiger partial charge >= 0.3 is 0 Å². The van der Waals surface area contributed by atoms with E-state index in [-0.39, 0.29) is 17.1 Å². The fourth-order valence-electron chi connectivity index (χ4n) is 2.67. The molecule has 0 bridgehead atoms. The Morgan fingerprint density at radius 3 is 2.74 bits per heavy atom. The van der Waals surface area contributed by atoms with Crippen LogP contribution in [0.3, 0.4) is 0 Å². The Bertz CT molecular complexity index is 1080. The lowest BCUT2D eigenvalue weighted by molar-refractivity contribution is -0.115. The third kappa shape index (κ3) is 6.22. The maximum atomic E-state index is 12.6. The molecule has 0 saturated carbocycles. The van der Waals surface area contributed by atoms with Crippen LogP contribution in [0.5, 0.6) is 5.75 Å². The SMILES string of the molecule is COc1ccccc1Nc1nc(N)nc(CSC(C)C(=O)Nc2cc(Cl)ccc2C)n1. The number of hydrogen-bond donors (Lipinski definition) is 3. The highest BCUT2D eigenvalue weighted by Crippen LogP contribution is 2.26. The molecule has 3 rings (SSSR count). The van der Waals surface area contributed by atoms with Gasteiger partial charge in [-0.25, -0.2) is 0 Å². The van der Waals surface area contributed by atoms with Crippen LogP contribution in [0.15, 0.2) is 42.5 Å². The molecule has 1 heterocycles. The molecule has 1 unspecified atom stereocenters. The van der Waals surface area contributed by atoms with Gasteiger partial charge in [0.2, 0.25) is 17.8 Å². The quantitative estimate of drug-likeness (QED) is 0.454. The molecule has 8 nitrogen and oxygen atoms in total. The number of aromatic nitrogens is 3. The van der Waals surface area contributed by atoms with E-state index in [1.807, 2.05) is 44.2 Å². The standard InChI is InChI=1S/C21H23ClN6O2S/c1-12-8-9-14(22)10-16(12)24-19(29)13(2)31-11-18-26-20(23)28-21(27-18)25-15-6-4-5-7-17(15)30-3/h4-10,13H,11H2,1-3H3,(H,24,29)(H3,23,25,26,27,28). The number of nitrogens with one attached hydrogen (secondary N) is 2. The second-order valence-corrected chi connectivity index (χ2v) is 8.43. The van der Waals surface area contributed by atoms with Gasteiger partial charge in [0, 0.05) is 10.7 Å². The summed E-state index contributed by atoms with van der Waals surface area (Å²) >= 11 is 7.42. The first-order valence-electron chi connectivity index (χ1n) is 9.45. The number of aryl methyl sites for hydroxylation is 1. The Morgan fingerprint density at radius 2 is 1.97 bits per heavy atom. The molecule has 3 aromatic rings. The molecule has 31 heavy (non-hydrogen) atoms. The minimum Gasteiger partial charge on any atom is -0.495 e. The minimum atomic E-state index is -0.345. The van der Waals surface area contributed by atoms with Crippen molar-refractivity contribution in [3.8, 4) is 5.75 Å². The smallest absolute Gasteiger partial charge is 0.237 e. The van der Waals surface area contributed by atoms with Crippen LogP contribution in [-0.2, 0) is 10.5 Å². The molecule has 0 saturated heterocycles. The number of nitrogens with two attached hydrogens (primary N) is 1. The molecule has 0 aliphatic heterocycles. The van der Waals surface area contributed by atoms with Crippen LogP contribution in [0.1, 0.15) is 18.3 Å². The van der Waals surface area contributed by atoms with E-state index in [1.54, 1.807) is 19.2 Å². The van der Waals surface area contributed by atoms with Gasteiger partial charge in [-0.1, -0.05) is 29.8 Å². The monoisotopic (exact) mass is 458 g/mol.